The highest BCUT2D eigenvalue weighted by Gasteiger charge is 2.48. The first-order valence-electron chi connectivity index (χ1n) is 16.7. The zero-order chi connectivity index (χ0) is 34.0. The number of fused-ring (bicyclic) bond motifs is 1. The van der Waals surface area contributed by atoms with Crippen molar-refractivity contribution in [1.29, 1.82) is 0 Å². The van der Waals surface area contributed by atoms with E-state index >= 15 is 4.39 Å². The van der Waals surface area contributed by atoms with E-state index in [2.05, 4.69) is 39.7 Å². The minimum Gasteiger partial charge on any atom is -0.481 e. The maximum Gasteiger partial charge on any atom is 0.306 e. The van der Waals surface area contributed by atoms with Gasteiger partial charge in [-0.3, -0.25) is 19.3 Å². The summed E-state index contributed by atoms with van der Waals surface area (Å²) in [5, 5.41) is 14.9. The van der Waals surface area contributed by atoms with E-state index < -0.39 is 11.8 Å². The first kappa shape index (κ1) is 35.2. The molecule has 3 fully saturated rings. The molecular formula is C36H43FIN3O6S. The number of rotatable bonds is 12. The third kappa shape index (κ3) is 7.42. The molecule has 6 rings (SSSR count). The number of likely N-dealkylation sites (tertiary alicyclic amines) is 2. The smallest absolute Gasteiger partial charge is 0.306 e. The molecule has 12 heteroatoms. The molecule has 2 N–H and O–H groups in total. The number of ether oxygens (including phenoxy) is 2. The maximum atomic E-state index is 15.7. The van der Waals surface area contributed by atoms with Crippen LogP contribution in [-0.4, -0.2) is 89.8 Å². The molecule has 1 saturated carbocycles. The van der Waals surface area contributed by atoms with Gasteiger partial charge in [-0.2, -0.15) is 0 Å². The Kier molecular flexibility index (Phi) is 11.1. The number of nitrogens with one attached hydrogen (secondary N) is 1. The van der Waals surface area contributed by atoms with Gasteiger partial charge in [-0.05, 0) is 67.9 Å². The lowest BCUT2D eigenvalue weighted by atomic mass is 9.87. The lowest BCUT2D eigenvalue weighted by molar-refractivity contribution is -0.144. The second-order valence-corrected chi connectivity index (χ2v) is 15.1. The number of carboxylic acid groups (broad SMARTS) is 1. The summed E-state index contributed by atoms with van der Waals surface area (Å²) in [6.07, 6.45) is 4.12. The van der Waals surface area contributed by atoms with Crippen molar-refractivity contribution in [3.05, 3.63) is 64.3 Å². The fourth-order valence-corrected chi connectivity index (χ4v) is 9.00. The van der Waals surface area contributed by atoms with Gasteiger partial charge in [-0.15, -0.1) is 11.3 Å². The van der Waals surface area contributed by atoms with Crippen molar-refractivity contribution in [2.75, 3.05) is 38.7 Å². The highest BCUT2D eigenvalue weighted by molar-refractivity contribution is 14.1. The van der Waals surface area contributed by atoms with Gasteiger partial charge in [0.05, 0.1) is 42.3 Å². The van der Waals surface area contributed by atoms with Crippen LogP contribution in [0.3, 0.4) is 0 Å². The van der Waals surface area contributed by atoms with Crippen molar-refractivity contribution in [3.63, 3.8) is 0 Å². The molecule has 2 saturated heterocycles. The van der Waals surface area contributed by atoms with Crippen molar-refractivity contribution in [3.8, 4) is 0 Å². The van der Waals surface area contributed by atoms with Crippen LogP contribution in [0.1, 0.15) is 66.9 Å². The number of alkyl halides is 1. The number of carboxylic acids is 1. The number of hydrogen-bond donors (Lipinski definition) is 2. The van der Waals surface area contributed by atoms with Crippen LogP contribution in [0.2, 0.25) is 0 Å². The summed E-state index contributed by atoms with van der Waals surface area (Å²) in [4.78, 5) is 42.8. The maximum absolute atomic E-state index is 15.7. The molecule has 2 aliphatic heterocycles. The van der Waals surface area contributed by atoms with Crippen molar-refractivity contribution in [1.82, 2.24) is 9.80 Å². The summed E-state index contributed by atoms with van der Waals surface area (Å²) < 4.78 is 29.3. The van der Waals surface area contributed by atoms with Gasteiger partial charge in [0.25, 0.3) is 5.91 Å². The summed E-state index contributed by atoms with van der Waals surface area (Å²) in [6, 6.07) is 10.7. The molecule has 258 valence electrons. The number of carbonyl (C=O) groups excluding carboxylic acids is 2. The lowest BCUT2D eigenvalue weighted by Gasteiger charge is -2.51. The van der Waals surface area contributed by atoms with Crippen LogP contribution >= 0.6 is 33.9 Å². The van der Waals surface area contributed by atoms with E-state index in [1.807, 2.05) is 34.5 Å². The molecule has 1 aromatic heterocycles. The fraction of sp³-hybridized carbons (Fsp3) is 0.528. The molecule has 9 nitrogen and oxygen atoms in total. The second kappa shape index (κ2) is 15.1. The summed E-state index contributed by atoms with van der Waals surface area (Å²) in [7, 11) is 1.75. The Hall–Kier alpha value is -2.65. The Balaban J connectivity index is 1.14. The molecular weight excluding hydrogens is 748 g/mol. The zero-order valence-corrected chi connectivity index (χ0v) is 30.4. The topological polar surface area (TPSA) is 108 Å². The Morgan fingerprint density at radius 2 is 1.88 bits per heavy atom. The van der Waals surface area contributed by atoms with Gasteiger partial charge in [0.1, 0.15) is 5.82 Å². The Morgan fingerprint density at radius 3 is 2.56 bits per heavy atom. The van der Waals surface area contributed by atoms with Gasteiger partial charge >= 0.3 is 5.97 Å². The van der Waals surface area contributed by atoms with Crippen LogP contribution in [0, 0.1) is 11.7 Å². The van der Waals surface area contributed by atoms with E-state index in [-0.39, 0.29) is 47.9 Å². The molecule has 2 atom stereocenters. The number of aliphatic carboxylic acids is 1. The van der Waals surface area contributed by atoms with Crippen LogP contribution in [0.25, 0.3) is 10.1 Å². The molecule has 3 aromatic rings. The summed E-state index contributed by atoms with van der Waals surface area (Å²) >= 11 is 3.68. The molecule has 3 aliphatic rings. The standard InChI is InChI=1S/C36H43FIN3O6S/c1-3-36(46-2)20-40(21-36)25-14-26(18-47-27-10-8-22(9-11-27)35(44)45)41(17-25)33(42)13-23-12-24(16-38)31(15-30(23)37)39-34(43)29-19-48-32-7-5-4-6-28(29)32/h4-7,12,15,19,22,25-27H,3,8-11,13-14,16-18,20-21H2,1-2H3,(H,39,43)(H,44,45)/t22?,25-,26-,27?/m0/s1. The number of amides is 2. The zero-order valence-electron chi connectivity index (χ0n) is 27.4. The molecule has 48 heavy (non-hydrogen) atoms. The predicted molar refractivity (Wildman–Crippen MR) is 192 cm³/mol. The van der Waals surface area contributed by atoms with E-state index in [1.54, 1.807) is 13.2 Å². The fourth-order valence-electron chi connectivity index (χ4n) is 7.43. The first-order valence-corrected chi connectivity index (χ1v) is 19.1. The summed E-state index contributed by atoms with van der Waals surface area (Å²) in [6.45, 7) is 4.64. The highest BCUT2D eigenvalue weighted by Crippen LogP contribution is 2.36. The third-order valence-corrected chi connectivity index (χ3v) is 12.4. The molecule has 2 amide bonds. The van der Waals surface area contributed by atoms with Crippen molar-refractivity contribution < 1.29 is 33.4 Å². The monoisotopic (exact) mass is 791 g/mol. The van der Waals surface area contributed by atoms with Gasteiger partial charge in [0, 0.05) is 58.4 Å². The molecule has 2 aromatic carbocycles. The number of thiophene rings is 1. The first-order chi connectivity index (χ1) is 23.1. The van der Waals surface area contributed by atoms with Crippen LogP contribution in [0.5, 0.6) is 0 Å². The molecule has 1 aliphatic carbocycles. The molecule has 3 heterocycles. The van der Waals surface area contributed by atoms with Crippen molar-refractivity contribution in [2.45, 2.75) is 80.1 Å². The van der Waals surface area contributed by atoms with Crippen LogP contribution in [-0.2, 0) is 29.9 Å². The van der Waals surface area contributed by atoms with Gasteiger partial charge in [-0.1, -0.05) is 47.7 Å². The van der Waals surface area contributed by atoms with Crippen LogP contribution < -0.4 is 5.32 Å². The largest absolute Gasteiger partial charge is 0.481 e. The SMILES string of the molecule is CCC1(OC)CN([C@H]2C[C@@H](COC3CCC(C(=O)O)CC3)N(C(=O)Cc3cc(CI)c(NC(=O)c4csc5ccccc45)cc3F)C2)C1. The number of halogens is 2. The Bertz CT molecular complexity index is 1650. The van der Waals surface area contributed by atoms with E-state index in [0.717, 1.165) is 41.6 Å². The predicted octanol–water partition coefficient (Wildman–Crippen LogP) is 6.51. The van der Waals surface area contributed by atoms with Crippen molar-refractivity contribution >= 4 is 67.5 Å². The van der Waals surface area contributed by atoms with Crippen LogP contribution in [0.15, 0.2) is 41.8 Å². The van der Waals surface area contributed by atoms with E-state index in [1.165, 1.54) is 17.4 Å². The number of hydrogen-bond acceptors (Lipinski definition) is 7. The van der Waals surface area contributed by atoms with Crippen LogP contribution in [0.4, 0.5) is 10.1 Å². The normalized spacial score (nSPS) is 24.0. The number of carbonyl (C=O) groups is 3. The minimum atomic E-state index is -0.748. The lowest BCUT2D eigenvalue weighted by Crippen LogP contribution is -2.65. The Morgan fingerprint density at radius 1 is 1.12 bits per heavy atom. The van der Waals surface area contributed by atoms with E-state index in [9.17, 15) is 19.5 Å². The highest BCUT2D eigenvalue weighted by atomic mass is 127. The summed E-state index contributed by atoms with van der Waals surface area (Å²) in [5.41, 5.74) is 1.84. The molecule has 0 unspecified atom stereocenters. The number of benzene rings is 2. The number of methoxy groups -OCH3 is 1. The number of nitrogens with zero attached hydrogens (tertiary/aromatic N) is 2. The van der Waals surface area contributed by atoms with Gasteiger partial charge in [0.15, 0.2) is 0 Å². The van der Waals surface area contributed by atoms with Gasteiger partial charge in [0.2, 0.25) is 5.91 Å². The van der Waals surface area contributed by atoms with E-state index in [0.29, 0.717) is 60.1 Å². The second-order valence-electron chi connectivity index (χ2n) is 13.4. The molecule has 0 bridgehead atoms. The van der Waals surface area contributed by atoms with Gasteiger partial charge < -0.3 is 24.8 Å². The van der Waals surface area contributed by atoms with Crippen molar-refractivity contribution in [2.24, 2.45) is 5.92 Å². The average molecular weight is 792 g/mol. The quantitative estimate of drug-likeness (QED) is 0.159. The summed E-state index contributed by atoms with van der Waals surface area (Å²) in [5.74, 6) is -2.05. The third-order valence-electron chi connectivity index (χ3n) is 10.6. The molecule has 0 spiro atoms. The minimum absolute atomic E-state index is 0.0275. The average Bonchev–Trinajstić information content (AvgIpc) is 3.70. The van der Waals surface area contributed by atoms with E-state index in [4.69, 9.17) is 9.47 Å². The number of anilines is 1. The van der Waals surface area contributed by atoms with Gasteiger partial charge in [-0.25, -0.2) is 4.39 Å². The molecule has 0 radical (unpaired) electrons. The Labute approximate surface area is 298 Å².